The molecule has 0 amide bonds. The molecule has 5 heteroatoms. The average Bonchev–Trinajstić information content (AvgIpc) is 2.39. The first-order valence-corrected chi connectivity index (χ1v) is 8.02. The highest BCUT2D eigenvalue weighted by Gasteiger charge is 2.11. The third-order valence-electron chi connectivity index (χ3n) is 3.16. The lowest BCUT2D eigenvalue weighted by atomic mass is 10.2. The van der Waals surface area contributed by atoms with Gasteiger partial charge in [0.25, 0.3) is 5.56 Å². The molecule has 1 aromatic carbocycles. The first-order chi connectivity index (χ1) is 9.15. The number of rotatable bonds is 5. The van der Waals surface area contributed by atoms with E-state index < -0.39 is 0 Å². The van der Waals surface area contributed by atoms with Crippen molar-refractivity contribution in [1.29, 1.82) is 0 Å². The first-order valence-electron chi connectivity index (χ1n) is 6.46. The molecule has 0 spiro atoms. The minimum Gasteiger partial charge on any atom is -0.332 e. The Labute approximate surface area is 122 Å². The first kappa shape index (κ1) is 14.3. The highest BCUT2D eigenvalue weighted by Crippen LogP contribution is 2.15. The number of benzene rings is 1. The van der Waals surface area contributed by atoms with Crippen LogP contribution >= 0.6 is 24.0 Å². The molecule has 3 nitrogen and oxygen atoms in total. The number of thioether (sulfide) groups is 1. The van der Waals surface area contributed by atoms with Crippen LogP contribution in [0.15, 0.2) is 29.1 Å². The molecule has 19 heavy (non-hydrogen) atoms. The van der Waals surface area contributed by atoms with E-state index in [1.54, 1.807) is 4.57 Å². The number of aromatic nitrogens is 2. The molecule has 0 aliphatic rings. The quantitative estimate of drug-likeness (QED) is 0.674. The largest absolute Gasteiger partial charge is 0.332 e. The maximum atomic E-state index is 12.5. The van der Waals surface area contributed by atoms with E-state index in [9.17, 15) is 4.79 Å². The number of para-hydroxylation sites is 1. The predicted octanol–water partition coefficient (Wildman–Crippen LogP) is 3.76. The van der Waals surface area contributed by atoms with Crippen molar-refractivity contribution in [2.45, 2.75) is 26.3 Å². The van der Waals surface area contributed by atoms with Crippen molar-refractivity contribution in [3.63, 3.8) is 0 Å². The molecule has 1 N–H and O–H groups in total. The van der Waals surface area contributed by atoms with Crippen LogP contribution in [0.2, 0.25) is 0 Å². The monoisotopic (exact) mass is 294 g/mol. The molecule has 0 radical (unpaired) electrons. The maximum absolute atomic E-state index is 12.5. The Morgan fingerprint density at radius 1 is 1.42 bits per heavy atom. The van der Waals surface area contributed by atoms with Crippen molar-refractivity contribution in [1.82, 2.24) is 9.55 Å². The third-order valence-corrected chi connectivity index (χ3v) is 4.39. The number of H-pyrrole nitrogens is 1. The minimum atomic E-state index is 0.00773. The van der Waals surface area contributed by atoms with Crippen LogP contribution in [0.1, 0.15) is 26.3 Å². The van der Waals surface area contributed by atoms with E-state index in [0.717, 1.165) is 23.4 Å². The van der Waals surface area contributed by atoms with E-state index in [1.165, 1.54) is 0 Å². The Hall–Kier alpha value is -1.07. The standard InChI is InChI=1S/C14H18N2OS2/c1-3-19-9-8-10(2)16-13(17)11-6-4-5-7-12(11)15-14(16)18/h4-7,10H,3,8-9H2,1-2H3,(H,15,18). The minimum absolute atomic E-state index is 0.00773. The molecule has 2 aromatic rings. The predicted molar refractivity (Wildman–Crippen MR) is 85.7 cm³/mol. The van der Waals surface area contributed by atoms with Crippen LogP contribution in [0, 0.1) is 4.77 Å². The summed E-state index contributed by atoms with van der Waals surface area (Å²) < 4.78 is 2.21. The van der Waals surface area contributed by atoms with Crippen LogP contribution in [0.4, 0.5) is 0 Å². The summed E-state index contributed by atoms with van der Waals surface area (Å²) in [5.74, 6) is 2.15. The lowest BCUT2D eigenvalue weighted by Crippen LogP contribution is -2.25. The van der Waals surface area contributed by atoms with Crippen LogP contribution in [-0.4, -0.2) is 21.1 Å². The lowest BCUT2D eigenvalue weighted by Gasteiger charge is -2.15. The van der Waals surface area contributed by atoms with E-state index in [1.807, 2.05) is 36.0 Å². The van der Waals surface area contributed by atoms with Gasteiger partial charge >= 0.3 is 0 Å². The zero-order valence-corrected chi connectivity index (χ0v) is 12.8. The summed E-state index contributed by atoms with van der Waals surface area (Å²) in [6, 6.07) is 7.63. The normalized spacial score (nSPS) is 12.7. The summed E-state index contributed by atoms with van der Waals surface area (Å²) in [5.41, 5.74) is 0.817. The molecular formula is C14H18N2OS2. The second kappa shape index (κ2) is 6.39. The van der Waals surface area contributed by atoms with Crippen molar-refractivity contribution < 1.29 is 0 Å². The molecule has 1 heterocycles. The van der Waals surface area contributed by atoms with E-state index in [0.29, 0.717) is 10.2 Å². The van der Waals surface area contributed by atoms with Gasteiger partial charge in [-0.05, 0) is 49.2 Å². The molecule has 0 saturated carbocycles. The van der Waals surface area contributed by atoms with Gasteiger partial charge in [-0.1, -0.05) is 19.1 Å². The smallest absolute Gasteiger partial charge is 0.262 e. The van der Waals surface area contributed by atoms with Crippen molar-refractivity contribution >= 4 is 34.9 Å². The van der Waals surface area contributed by atoms with Gasteiger partial charge in [-0.2, -0.15) is 11.8 Å². The van der Waals surface area contributed by atoms with E-state index in [2.05, 4.69) is 18.8 Å². The fourth-order valence-electron chi connectivity index (χ4n) is 2.10. The Kier molecular flexibility index (Phi) is 4.82. The molecule has 1 atom stereocenters. The Balaban J connectivity index is 2.43. The van der Waals surface area contributed by atoms with Crippen LogP contribution in [-0.2, 0) is 0 Å². The van der Waals surface area contributed by atoms with E-state index >= 15 is 0 Å². The number of hydrogen-bond acceptors (Lipinski definition) is 3. The third kappa shape index (κ3) is 3.09. The molecule has 0 fully saturated rings. The average molecular weight is 294 g/mol. The summed E-state index contributed by atoms with van der Waals surface area (Å²) >= 11 is 7.21. The van der Waals surface area contributed by atoms with Gasteiger partial charge in [0.1, 0.15) is 0 Å². The number of fused-ring (bicyclic) bond motifs is 1. The summed E-state index contributed by atoms with van der Waals surface area (Å²) in [4.78, 5) is 15.6. The van der Waals surface area contributed by atoms with Crippen LogP contribution in [0.3, 0.4) is 0 Å². The molecule has 0 saturated heterocycles. The van der Waals surface area contributed by atoms with Gasteiger partial charge in [0.15, 0.2) is 4.77 Å². The van der Waals surface area contributed by atoms with Crippen LogP contribution in [0.25, 0.3) is 10.9 Å². The fraction of sp³-hybridized carbons (Fsp3) is 0.429. The van der Waals surface area contributed by atoms with Crippen LogP contribution in [0.5, 0.6) is 0 Å². The summed E-state index contributed by atoms with van der Waals surface area (Å²) in [7, 11) is 0. The highest BCUT2D eigenvalue weighted by molar-refractivity contribution is 7.99. The second-order valence-electron chi connectivity index (χ2n) is 4.49. The molecule has 0 aliphatic carbocycles. The van der Waals surface area contributed by atoms with Gasteiger partial charge < -0.3 is 4.98 Å². The van der Waals surface area contributed by atoms with Crippen molar-refractivity contribution in [2.75, 3.05) is 11.5 Å². The van der Waals surface area contributed by atoms with Gasteiger partial charge in [0, 0.05) is 6.04 Å². The van der Waals surface area contributed by atoms with Crippen molar-refractivity contribution in [2.24, 2.45) is 0 Å². The fourth-order valence-corrected chi connectivity index (χ4v) is 3.27. The van der Waals surface area contributed by atoms with Crippen molar-refractivity contribution in [3.05, 3.63) is 39.4 Å². The highest BCUT2D eigenvalue weighted by atomic mass is 32.2. The molecule has 102 valence electrons. The van der Waals surface area contributed by atoms with Gasteiger partial charge in [-0.15, -0.1) is 0 Å². The number of nitrogens with one attached hydrogen (secondary N) is 1. The maximum Gasteiger partial charge on any atom is 0.262 e. The Morgan fingerprint density at radius 3 is 2.89 bits per heavy atom. The Bertz CT molecular complexity index is 675. The van der Waals surface area contributed by atoms with E-state index in [-0.39, 0.29) is 11.6 Å². The lowest BCUT2D eigenvalue weighted by molar-refractivity contribution is 0.508. The molecule has 0 bridgehead atoms. The van der Waals surface area contributed by atoms with Crippen molar-refractivity contribution in [3.8, 4) is 0 Å². The number of nitrogens with zero attached hydrogens (tertiary/aromatic N) is 1. The van der Waals surface area contributed by atoms with Gasteiger partial charge in [0.2, 0.25) is 0 Å². The summed E-state index contributed by atoms with van der Waals surface area (Å²) in [6.45, 7) is 4.19. The van der Waals surface area contributed by atoms with Crippen LogP contribution < -0.4 is 5.56 Å². The zero-order chi connectivity index (χ0) is 13.8. The molecule has 2 rings (SSSR count). The van der Waals surface area contributed by atoms with E-state index in [4.69, 9.17) is 12.2 Å². The van der Waals surface area contributed by atoms with Gasteiger partial charge in [-0.25, -0.2) is 0 Å². The number of aromatic amines is 1. The topological polar surface area (TPSA) is 37.8 Å². The SMILES string of the molecule is CCSCCC(C)n1c(=S)[nH]c2ccccc2c1=O. The molecule has 1 unspecified atom stereocenters. The molecule has 1 aromatic heterocycles. The Morgan fingerprint density at radius 2 is 2.16 bits per heavy atom. The van der Waals surface area contributed by atoms with Gasteiger partial charge in [0.05, 0.1) is 10.9 Å². The second-order valence-corrected chi connectivity index (χ2v) is 6.27. The number of hydrogen-bond donors (Lipinski definition) is 1. The summed E-state index contributed by atoms with van der Waals surface area (Å²) in [5, 5.41) is 0.700. The molecule has 0 aliphatic heterocycles. The van der Waals surface area contributed by atoms with Gasteiger partial charge in [-0.3, -0.25) is 9.36 Å². The molecular weight excluding hydrogens is 276 g/mol. The zero-order valence-electron chi connectivity index (χ0n) is 11.2. The summed E-state index contributed by atoms with van der Waals surface area (Å²) in [6.07, 6.45) is 0.953.